The maximum absolute atomic E-state index is 3.48. The van der Waals surface area contributed by atoms with Crippen LogP contribution in [-0.4, -0.2) is 4.57 Å². The molecular weight excluding hydrogens is 300 g/mol. The molecule has 0 unspecified atom stereocenters. The van der Waals surface area contributed by atoms with Gasteiger partial charge < -0.3 is 0 Å². The molecule has 0 aliphatic heterocycles. The molecular formula is C16H16BrN2+. The molecule has 0 aliphatic carbocycles. The van der Waals surface area contributed by atoms with Gasteiger partial charge in [0.25, 0.3) is 0 Å². The first-order valence-corrected chi connectivity index (χ1v) is 7.29. The Balaban J connectivity index is 2.03. The highest BCUT2D eigenvalue weighted by molar-refractivity contribution is 9.10. The van der Waals surface area contributed by atoms with Crippen molar-refractivity contribution in [1.82, 2.24) is 4.57 Å². The van der Waals surface area contributed by atoms with E-state index in [-0.39, 0.29) is 0 Å². The monoisotopic (exact) mass is 315 g/mol. The molecule has 1 heterocycles. The van der Waals surface area contributed by atoms with E-state index < -0.39 is 0 Å². The van der Waals surface area contributed by atoms with Gasteiger partial charge in [0.1, 0.15) is 6.54 Å². The molecule has 3 heteroatoms. The van der Waals surface area contributed by atoms with Crippen molar-refractivity contribution in [3.8, 4) is 0 Å². The van der Waals surface area contributed by atoms with Gasteiger partial charge >= 0.3 is 0 Å². The van der Waals surface area contributed by atoms with Crippen molar-refractivity contribution in [3.05, 3.63) is 64.9 Å². The van der Waals surface area contributed by atoms with Crippen LogP contribution in [0.1, 0.15) is 12.5 Å². The molecule has 2 nitrogen and oxygen atoms in total. The Kier molecular flexibility index (Phi) is 3.38. The Morgan fingerprint density at radius 2 is 1.79 bits per heavy atom. The number of halogens is 1. The van der Waals surface area contributed by atoms with Gasteiger partial charge in [-0.15, -0.1) is 0 Å². The predicted molar refractivity (Wildman–Crippen MR) is 81.1 cm³/mol. The molecule has 1 aromatic heterocycles. The number of rotatable bonds is 3. The summed E-state index contributed by atoms with van der Waals surface area (Å²) in [4.78, 5) is 0. The quantitative estimate of drug-likeness (QED) is 0.651. The second kappa shape index (κ2) is 5.17. The number of nitrogens with zero attached hydrogens (tertiary/aromatic N) is 2. The number of benzene rings is 2. The van der Waals surface area contributed by atoms with Gasteiger partial charge in [-0.1, -0.05) is 40.2 Å². The maximum atomic E-state index is 3.48. The van der Waals surface area contributed by atoms with Crippen molar-refractivity contribution >= 4 is 27.0 Å². The van der Waals surface area contributed by atoms with E-state index in [1.807, 2.05) is 0 Å². The van der Waals surface area contributed by atoms with Crippen LogP contribution in [-0.2, 0) is 13.1 Å². The molecule has 96 valence electrons. The number of fused-ring (bicyclic) bond motifs is 1. The Bertz CT molecular complexity index is 698. The van der Waals surface area contributed by atoms with E-state index in [9.17, 15) is 0 Å². The summed E-state index contributed by atoms with van der Waals surface area (Å²) in [6, 6.07) is 17.1. The lowest BCUT2D eigenvalue weighted by molar-refractivity contribution is -0.663. The Morgan fingerprint density at radius 3 is 2.53 bits per heavy atom. The van der Waals surface area contributed by atoms with E-state index in [2.05, 4.69) is 86.8 Å². The van der Waals surface area contributed by atoms with Crippen LogP contribution >= 0.6 is 15.9 Å². The van der Waals surface area contributed by atoms with Gasteiger partial charge in [-0.3, -0.25) is 0 Å². The van der Waals surface area contributed by atoms with Gasteiger partial charge in [-0.25, -0.2) is 9.13 Å². The van der Waals surface area contributed by atoms with Gasteiger partial charge in [0.05, 0.1) is 6.54 Å². The molecule has 0 spiro atoms. The summed E-state index contributed by atoms with van der Waals surface area (Å²) < 4.78 is 5.72. The van der Waals surface area contributed by atoms with Crippen LogP contribution in [0.15, 0.2) is 59.3 Å². The van der Waals surface area contributed by atoms with Gasteiger partial charge in [-0.05, 0) is 36.8 Å². The minimum Gasteiger partial charge on any atom is -0.230 e. The fraction of sp³-hybridized carbons (Fsp3) is 0.188. The lowest BCUT2D eigenvalue weighted by atomic mass is 10.2. The Labute approximate surface area is 121 Å². The fourth-order valence-electron chi connectivity index (χ4n) is 2.41. The van der Waals surface area contributed by atoms with Crippen LogP contribution in [0.5, 0.6) is 0 Å². The smallest absolute Gasteiger partial charge is 0.230 e. The molecule has 2 aromatic carbocycles. The van der Waals surface area contributed by atoms with Crippen LogP contribution < -0.4 is 4.57 Å². The Hall–Kier alpha value is -1.61. The van der Waals surface area contributed by atoms with Crippen LogP contribution in [0.2, 0.25) is 0 Å². The number of hydrogen-bond acceptors (Lipinski definition) is 0. The van der Waals surface area contributed by atoms with Gasteiger partial charge in [-0.2, -0.15) is 0 Å². The molecule has 0 atom stereocenters. The summed E-state index contributed by atoms with van der Waals surface area (Å²) in [5.41, 5.74) is 3.89. The number of para-hydroxylation sites is 2. The van der Waals surface area contributed by atoms with E-state index in [1.54, 1.807) is 0 Å². The molecule has 0 fully saturated rings. The van der Waals surface area contributed by atoms with Gasteiger partial charge in [0, 0.05) is 4.47 Å². The van der Waals surface area contributed by atoms with Crippen molar-refractivity contribution in [3.63, 3.8) is 0 Å². The third-order valence-electron chi connectivity index (χ3n) is 3.39. The highest BCUT2D eigenvalue weighted by Gasteiger charge is 2.13. The molecule has 0 radical (unpaired) electrons. The van der Waals surface area contributed by atoms with Crippen LogP contribution in [0.25, 0.3) is 11.0 Å². The third-order valence-corrected chi connectivity index (χ3v) is 3.91. The van der Waals surface area contributed by atoms with Crippen LogP contribution in [0.3, 0.4) is 0 Å². The number of imidazole rings is 1. The minimum atomic E-state index is 0.904. The molecule has 0 saturated heterocycles. The first-order chi connectivity index (χ1) is 9.28. The van der Waals surface area contributed by atoms with Gasteiger partial charge in [0.15, 0.2) is 11.0 Å². The summed E-state index contributed by atoms with van der Waals surface area (Å²) in [6.45, 7) is 4.07. The third kappa shape index (κ3) is 2.43. The molecule has 0 amide bonds. The largest absolute Gasteiger partial charge is 0.245 e. The molecule has 3 rings (SSSR count). The lowest BCUT2D eigenvalue weighted by Gasteiger charge is -1.99. The number of hydrogen-bond donors (Lipinski definition) is 0. The molecule has 0 aliphatic rings. The zero-order chi connectivity index (χ0) is 13.2. The highest BCUT2D eigenvalue weighted by Crippen LogP contribution is 2.13. The normalized spacial score (nSPS) is 11.1. The van der Waals surface area contributed by atoms with Crippen molar-refractivity contribution in [2.75, 3.05) is 0 Å². The second-order valence-electron chi connectivity index (χ2n) is 4.64. The number of aryl methyl sites for hydroxylation is 1. The average Bonchev–Trinajstić information content (AvgIpc) is 2.80. The standard InChI is InChI=1S/C16H16BrN2/c1-2-18-12-19(16-6-4-3-5-15(16)18)11-13-7-9-14(17)10-8-13/h3-10,12H,2,11H2,1H3/q+1. The summed E-state index contributed by atoms with van der Waals surface area (Å²) in [5.74, 6) is 0. The van der Waals surface area contributed by atoms with E-state index in [4.69, 9.17) is 0 Å². The SMILES string of the molecule is CCn1c[n+](Cc2ccc(Br)cc2)c2ccccc21. The van der Waals surface area contributed by atoms with Crippen LogP contribution in [0, 0.1) is 0 Å². The fourth-order valence-corrected chi connectivity index (χ4v) is 2.67. The summed E-state index contributed by atoms with van der Waals surface area (Å²) >= 11 is 3.48. The van der Waals surface area contributed by atoms with Crippen molar-refractivity contribution < 1.29 is 4.57 Å². The summed E-state index contributed by atoms with van der Waals surface area (Å²) in [7, 11) is 0. The minimum absolute atomic E-state index is 0.904. The topological polar surface area (TPSA) is 8.81 Å². The van der Waals surface area contributed by atoms with Gasteiger partial charge in [0.2, 0.25) is 6.33 Å². The molecule has 0 saturated carbocycles. The molecule has 19 heavy (non-hydrogen) atoms. The Morgan fingerprint density at radius 1 is 1.05 bits per heavy atom. The lowest BCUT2D eigenvalue weighted by Crippen LogP contribution is -2.32. The first-order valence-electron chi connectivity index (χ1n) is 6.49. The van der Waals surface area contributed by atoms with E-state index in [1.165, 1.54) is 16.6 Å². The average molecular weight is 316 g/mol. The summed E-state index contributed by atoms with van der Waals surface area (Å²) in [6.07, 6.45) is 2.20. The zero-order valence-corrected chi connectivity index (χ0v) is 12.5. The second-order valence-corrected chi connectivity index (χ2v) is 5.56. The first kappa shape index (κ1) is 12.4. The predicted octanol–water partition coefficient (Wildman–Crippen LogP) is 3.76. The molecule has 0 N–H and O–H groups in total. The van der Waals surface area contributed by atoms with E-state index >= 15 is 0 Å². The summed E-state index contributed by atoms with van der Waals surface area (Å²) in [5, 5.41) is 0. The number of aromatic nitrogens is 2. The molecule has 3 aromatic rings. The maximum Gasteiger partial charge on any atom is 0.245 e. The molecule has 0 bridgehead atoms. The van der Waals surface area contributed by atoms with Crippen molar-refractivity contribution in [2.24, 2.45) is 0 Å². The highest BCUT2D eigenvalue weighted by atomic mass is 79.9. The van der Waals surface area contributed by atoms with Crippen molar-refractivity contribution in [1.29, 1.82) is 0 Å². The van der Waals surface area contributed by atoms with E-state index in [0.29, 0.717) is 0 Å². The zero-order valence-electron chi connectivity index (χ0n) is 10.9. The van der Waals surface area contributed by atoms with Crippen LogP contribution in [0.4, 0.5) is 0 Å². The van der Waals surface area contributed by atoms with Crippen molar-refractivity contribution in [2.45, 2.75) is 20.0 Å². The van der Waals surface area contributed by atoms with E-state index in [0.717, 1.165) is 17.6 Å².